The summed E-state index contributed by atoms with van der Waals surface area (Å²) in [7, 11) is 0. The van der Waals surface area contributed by atoms with Gasteiger partial charge in [-0.25, -0.2) is 9.50 Å². The fraction of sp³-hybridized carbons (Fsp3) is 0.167. The van der Waals surface area contributed by atoms with Crippen molar-refractivity contribution in [2.24, 2.45) is 0 Å². The average molecular weight is 495 g/mol. The molecule has 0 spiro atoms. The quantitative estimate of drug-likeness (QED) is 0.241. The van der Waals surface area contributed by atoms with E-state index >= 15 is 0 Å². The molecule has 6 heteroatoms. The second-order valence-corrected chi connectivity index (χ2v) is 9.38. The monoisotopic (exact) mass is 494 g/mol. The van der Waals surface area contributed by atoms with Gasteiger partial charge in [0.15, 0.2) is 5.65 Å². The molecule has 1 amide bonds. The summed E-state index contributed by atoms with van der Waals surface area (Å²) in [5, 5.41) is 5.06. The molecule has 0 saturated carbocycles. The first-order valence-corrected chi connectivity index (χ1v) is 12.5. The minimum atomic E-state index is -0.0971. The summed E-state index contributed by atoms with van der Waals surface area (Å²) in [6, 6.07) is 29.8. The van der Waals surface area contributed by atoms with E-state index in [4.69, 9.17) is 16.6 Å². The number of halogens is 1. The largest absolute Gasteiger partial charge is 0.330 e. The molecule has 3 aromatic carbocycles. The number of rotatable bonds is 8. The topological polar surface area (TPSA) is 50.5 Å². The van der Waals surface area contributed by atoms with Crippen LogP contribution in [0.3, 0.4) is 0 Å². The molecule has 180 valence electrons. The summed E-state index contributed by atoms with van der Waals surface area (Å²) in [6.45, 7) is 2.63. The van der Waals surface area contributed by atoms with Gasteiger partial charge in [0.1, 0.15) is 5.69 Å². The number of carbonyl (C=O) groups is 1. The first kappa shape index (κ1) is 23.8. The van der Waals surface area contributed by atoms with Gasteiger partial charge in [-0.15, -0.1) is 0 Å². The number of hydrogen-bond donors (Lipinski definition) is 0. The lowest BCUT2D eigenvalue weighted by Crippen LogP contribution is -2.39. The molecule has 0 saturated heterocycles. The first-order valence-electron chi connectivity index (χ1n) is 12.1. The van der Waals surface area contributed by atoms with Gasteiger partial charge in [0.2, 0.25) is 0 Å². The standard InChI is InChI=1S/C30H27ClN4O/c1-22(15-16-23-9-4-2-5-10-23)34(21-24-11-6-3-7-12-24)30(36)28-17-18-35-29(33-28)27(20-32-35)25-13-8-14-26(31)19-25/h2-14,17-20,22H,15-16,21H2,1H3/t22-/m1/s1. The van der Waals surface area contributed by atoms with E-state index < -0.39 is 0 Å². The predicted molar refractivity (Wildman–Crippen MR) is 144 cm³/mol. The van der Waals surface area contributed by atoms with Crippen LogP contribution >= 0.6 is 11.6 Å². The van der Waals surface area contributed by atoms with Crippen molar-refractivity contribution < 1.29 is 4.79 Å². The van der Waals surface area contributed by atoms with Crippen molar-refractivity contribution in [2.75, 3.05) is 0 Å². The molecule has 5 nitrogen and oxygen atoms in total. The van der Waals surface area contributed by atoms with Gasteiger partial charge >= 0.3 is 0 Å². The molecule has 0 fully saturated rings. The maximum atomic E-state index is 13.9. The normalized spacial score (nSPS) is 11.9. The fourth-order valence-electron chi connectivity index (χ4n) is 4.38. The summed E-state index contributed by atoms with van der Waals surface area (Å²) in [6.07, 6.45) is 5.30. The SMILES string of the molecule is C[C@H](CCc1ccccc1)N(Cc1ccccc1)C(=O)c1ccn2ncc(-c3cccc(Cl)c3)c2n1. The zero-order valence-corrected chi connectivity index (χ0v) is 20.8. The summed E-state index contributed by atoms with van der Waals surface area (Å²) in [5.74, 6) is -0.0971. The third kappa shape index (κ3) is 5.31. The van der Waals surface area contributed by atoms with Crippen LogP contribution in [-0.2, 0) is 13.0 Å². The van der Waals surface area contributed by atoms with Gasteiger partial charge < -0.3 is 4.90 Å². The van der Waals surface area contributed by atoms with Crippen molar-refractivity contribution in [3.8, 4) is 11.1 Å². The lowest BCUT2D eigenvalue weighted by Gasteiger charge is -2.29. The molecule has 2 aromatic heterocycles. The summed E-state index contributed by atoms with van der Waals surface area (Å²) < 4.78 is 1.69. The third-order valence-electron chi connectivity index (χ3n) is 6.41. The minimum Gasteiger partial charge on any atom is -0.330 e. The maximum Gasteiger partial charge on any atom is 0.273 e. The van der Waals surface area contributed by atoms with Crippen molar-refractivity contribution in [3.63, 3.8) is 0 Å². The highest BCUT2D eigenvalue weighted by atomic mass is 35.5. The molecule has 36 heavy (non-hydrogen) atoms. The second-order valence-electron chi connectivity index (χ2n) is 8.94. The van der Waals surface area contributed by atoms with Crippen LogP contribution in [0.1, 0.15) is 35.0 Å². The van der Waals surface area contributed by atoms with E-state index in [1.165, 1.54) is 5.56 Å². The zero-order chi connectivity index (χ0) is 24.9. The van der Waals surface area contributed by atoms with Crippen LogP contribution in [0.2, 0.25) is 5.02 Å². The van der Waals surface area contributed by atoms with E-state index in [-0.39, 0.29) is 11.9 Å². The highest BCUT2D eigenvalue weighted by Crippen LogP contribution is 2.26. The Hall–Kier alpha value is -3.96. The Kier molecular flexibility index (Phi) is 7.10. The van der Waals surface area contributed by atoms with Gasteiger partial charge in [0, 0.05) is 29.4 Å². The Labute approximate surface area is 216 Å². The number of aromatic nitrogens is 3. The Morgan fingerprint density at radius 3 is 2.39 bits per heavy atom. The van der Waals surface area contributed by atoms with Crippen molar-refractivity contribution in [2.45, 2.75) is 32.4 Å². The molecule has 0 unspecified atom stereocenters. The van der Waals surface area contributed by atoms with Crippen LogP contribution in [0.25, 0.3) is 16.8 Å². The fourth-order valence-corrected chi connectivity index (χ4v) is 4.57. The number of hydrogen-bond acceptors (Lipinski definition) is 3. The Morgan fingerprint density at radius 2 is 1.67 bits per heavy atom. The number of nitrogens with zero attached hydrogens (tertiary/aromatic N) is 4. The van der Waals surface area contributed by atoms with E-state index in [1.54, 1.807) is 23.0 Å². The van der Waals surface area contributed by atoms with Crippen molar-refractivity contribution in [1.82, 2.24) is 19.5 Å². The molecule has 0 N–H and O–H groups in total. The van der Waals surface area contributed by atoms with Crippen LogP contribution < -0.4 is 0 Å². The van der Waals surface area contributed by atoms with Crippen LogP contribution in [0, 0.1) is 0 Å². The maximum absolute atomic E-state index is 13.9. The lowest BCUT2D eigenvalue weighted by molar-refractivity contribution is 0.0661. The predicted octanol–water partition coefficient (Wildman–Crippen LogP) is 6.71. The van der Waals surface area contributed by atoms with Gasteiger partial charge in [-0.1, -0.05) is 84.4 Å². The van der Waals surface area contributed by atoms with Crippen molar-refractivity contribution >= 4 is 23.2 Å². The highest BCUT2D eigenvalue weighted by molar-refractivity contribution is 6.30. The van der Waals surface area contributed by atoms with Gasteiger partial charge in [-0.05, 0) is 54.7 Å². The number of benzene rings is 3. The molecule has 1 atom stereocenters. The first-order chi connectivity index (χ1) is 17.6. The van der Waals surface area contributed by atoms with Gasteiger partial charge in [0.05, 0.1) is 6.20 Å². The van der Waals surface area contributed by atoms with E-state index in [2.05, 4.69) is 48.4 Å². The smallest absolute Gasteiger partial charge is 0.273 e. The van der Waals surface area contributed by atoms with Gasteiger partial charge in [0.25, 0.3) is 5.91 Å². The van der Waals surface area contributed by atoms with Crippen LogP contribution in [0.15, 0.2) is 103 Å². The average Bonchev–Trinajstić information content (AvgIpc) is 3.34. The molecular formula is C30H27ClN4O. The van der Waals surface area contributed by atoms with E-state index in [0.29, 0.717) is 22.9 Å². The molecular weight excluding hydrogens is 468 g/mol. The number of carbonyl (C=O) groups excluding carboxylic acids is 1. The third-order valence-corrected chi connectivity index (χ3v) is 6.64. The lowest BCUT2D eigenvalue weighted by atomic mass is 10.0. The second kappa shape index (κ2) is 10.8. The van der Waals surface area contributed by atoms with Gasteiger partial charge in [-0.2, -0.15) is 5.10 Å². The van der Waals surface area contributed by atoms with E-state index in [1.807, 2.05) is 53.4 Å². The molecule has 0 aliphatic heterocycles. The van der Waals surface area contributed by atoms with Crippen molar-refractivity contribution in [1.29, 1.82) is 0 Å². The summed E-state index contributed by atoms with van der Waals surface area (Å²) in [5.41, 5.74) is 5.11. The van der Waals surface area contributed by atoms with Crippen LogP contribution in [0.5, 0.6) is 0 Å². The van der Waals surface area contributed by atoms with Crippen LogP contribution in [-0.4, -0.2) is 31.4 Å². The highest BCUT2D eigenvalue weighted by Gasteiger charge is 2.24. The molecule has 0 bridgehead atoms. The Balaban J connectivity index is 1.46. The molecule has 5 rings (SSSR count). The Bertz CT molecular complexity index is 1470. The molecule has 5 aromatic rings. The van der Waals surface area contributed by atoms with E-state index in [9.17, 15) is 4.79 Å². The Morgan fingerprint density at radius 1 is 0.944 bits per heavy atom. The minimum absolute atomic E-state index is 0.0215. The van der Waals surface area contributed by atoms with Crippen LogP contribution in [0.4, 0.5) is 0 Å². The number of aryl methyl sites for hydroxylation is 1. The van der Waals surface area contributed by atoms with Crippen molar-refractivity contribution in [3.05, 3.63) is 125 Å². The summed E-state index contributed by atoms with van der Waals surface area (Å²) in [4.78, 5) is 20.6. The zero-order valence-electron chi connectivity index (χ0n) is 20.1. The molecule has 2 heterocycles. The summed E-state index contributed by atoms with van der Waals surface area (Å²) >= 11 is 6.21. The number of amides is 1. The molecule has 0 aliphatic rings. The van der Waals surface area contributed by atoms with E-state index in [0.717, 1.165) is 29.5 Å². The van der Waals surface area contributed by atoms with Gasteiger partial charge in [-0.3, -0.25) is 4.79 Å². The molecule has 0 radical (unpaired) electrons. The number of fused-ring (bicyclic) bond motifs is 1. The molecule has 0 aliphatic carbocycles.